The first-order chi connectivity index (χ1) is 9.42. The smallest absolute Gasteiger partial charge is 0.315 e. The van der Waals surface area contributed by atoms with Gasteiger partial charge in [-0.3, -0.25) is 14.9 Å². The maximum Gasteiger partial charge on any atom is 0.315 e. The number of amides is 1. The quantitative estimate of drug-likeness (QED) is 0.380. The van der Waals surface area contributed by atoms with Gasteiger partial charge in [0.2, 0.25) is 5.75 Å². The second-order valence-corrected chi connectivity index (χ2v) is 5.41. The number of ether oxygens (including phenoxy) is 1. The Hall–Kier alpha value is -2.13. The van der Waals surface area contributed by atoms with Crippen LogP contribution in [0.5, 0.6) is 11.5 Å². The van der Waals surface area contributed by atoms with Crippen LogP contribution in [0.1, 0.15) is 5.56 Å². The molecule has 0 atom stereocenters. The molecule has 1 saturated heterocycles. The summed E-state index contributed by atoms with van der Waals surface area (Å²) < 4.78 is 5.23. The molecule has 2 N–H and O–H groups in total. The Morgan fingerprint density at radius 1 is 1.55 bits per heavy atom. The summed E-state index contributed by atoms with van der Waals surface area (Å²) in [5, 5.41) is 23.1. The lowest BCUT2D eigenvalue weighted by Crippen LogP contribution is -2.17. The fraction of sp³-hybridized carbons (Fsp3) is 0.0909. The van der Waals surface area contributed by atoms with Crippen molar-refractivity contribution in [2.75, 3.05) is 7.11 Å². The average Bonchev–Trinajstić information content (AvgIpc) is 2.70. The van der Waals surface area contributed by atoms with Crippen LogP contribution >= 0.6 is 24.0 Å². The number of thiocarbonyl (C=S) groups is 1. The highest BCUT2D eigenvalue weighted by Crippen LogP contribution is 2.37. The Labute approximate surface area is 122 Å². The molecule has 1 aromatic carbocycles. The lowest BCUT2D eigenvalue weighted by Gasteiger charge is -2.05. The predicted octanol–water partition coefficient (Wildman–Crippen LogP) is 1.80. The van der Waals surface area contributed by atoms with Gasteiger partial charge in [-0.2, -0.15) is 0 Å². The third kappa shape index (κ3) is 2.73. The fourth-order valence-electron chi connectivity index (χ4n) is 1.54. The van der Waals surface area contributed by atoms with Crippen LogP contribution in [-0.2, 0) is 4.79 Å². The number of aromatic hydroxyl groups is 1. The average molecular weight is 312 g/mol. The summed E-state index contributed by atoms with van der Waals surface area (Å²) in [4.78, 5) is 21.9. The maximum atomic E-state index is 11.5. The molecule has 0 saturated carbocycles. The Bertz CT molecular complexity index is 656. The van der Waals surface area contributed by atoms with Crippen molar-refractivity contribution < 1.29 is 19.6 Å². The molecule has 0 bridgehead atoms. The van der Waals surface area contributed by atoms with Crippen LogP contribution < -0.4 is 10.1 Å². The number of hydrogen-bond donors (Lipinski definition) is 2. The van der Waals surface area contributed by atoms with E-state index < -0.39 is 22.3 Å². The molecule has 20 heavy (non-hydrogen) atoms. The number of nitrogens with zero attached hydrogens (tertiary/aromatic N) is 1. The number of phenols is 1. The summed E-state index contributed by atoms with van der Waals surface area (Å²) in [5.41, 5.74) is -0.388. The molecule has 1 aliphatic rings. The van der Waals surface area contributed by atoms with E-state index in [4.69, 9.17) is 17.0 Å². The maximum absolute atomic E-state index is 11.5. The third-order valence-electron chi connectivity index (χ3n) is 2.45. The molecule has 9 heteroatoms. The van der Waals surface area contributed by atoms with Gasteiger partial charge in [0.25, 0.3) is 5.91 Å². The molecule has 1 amide bonds. The summed E-state index contributed by atoms with van der Waals surface area (Å²) in [6.07, 6.45) is 1.32. The minimum Gasteiger partial charge on any atom is -0.502 e. The topological polar surface area (TPSA) is 102 Å². The van der Waals surface area contributed by atoms with Crippen LogP contribution in [0.3, 0.4) is 0 Å². The van der Waals surface area contributed by atoms with Gasteiger partial charge in [0.05, 0.1) is 23.0 Å². The molecule has 0 aliphatic carbocycles. The molecule has 0 radical (unpaired) electrons. The van der Waals surface area contributed by atoms with E-state index in [1.165, 1.54) is 19.3 Å². The highest BCUT2D eigenvalue weighted by molar-refractivity contribution is 8.26. The summed E-state index contributed by atoms with van der Waals surface area (Å²) in [7, 11) is 1.35. The Kier molecular flexibility index (Phi) is 3.91. The monoisotopic (exact) mass is 312 g/mol. The van der Waals surface area contributed by atoms with E-state index in [2.05, 4.69) is 5.32 Å². The van der Waals surface area contributed by atoms with Crippen LogP contribution in [0.25, 0.3) is 6.08 Å². The van der Waals surface area contributed by atoms with E-state index in [9.17, 15) is 20.0 Å². The molecule has 0 unspecified atom stereocenters. The van der Waals surface area contributed by atoms with E-state index in [1.54, 1.807) is 0 Å². The number of nitro groups is 1. The normalized spacial score (nSPS) is 16.4. The van der Waals surface area contributed by atoms with Gasteiger partial charge in [-0.25, -0.2) is 0 Å². The van der Waals surface area contributed by atoms with Crippen LogP contribution in [0, 0.1) is 10.1 Å². The fourth-order valence-corrected chi connectivity index (χ4v) is 2.58. The molecular formula is C11H8N2O5S2. The van der Waals surface area contributed by atoms with E-state index in [1.807, 2.05) is 0 Å². The summed E-state index contributed by atoms with van der Waals surface area (Å²) in [6, 6.07) is 2.49. The second kappa shape index (κ2) is 5.47. The van der Waals surface area contributed by atoms with Crippen molar-refractivity contribution in [2.45, 2.75) is 0 Å². The van der Waals surface area contributed by atoms with E-state index in [0.717, 1.165) is 17.8 Å². The van der Waals surface area contributed by atoms with Crippen molar-refractivity contribution in [2.24, 2.45) is 0 Å². The molecule has 0 aromatic heterocycles. The number of thioether (sulfide) groups is 1. The second-order valence-electron chi connectivity index (χ2n) is 3.69. The number of rotatable bonds is 3. The van der Waals surface area contributed by atoms with Crippen LogP contribution in [0.15, 0.2) is 17.0 Å². The van der Waals surface area contributed by atoms with Crippen LogP contribution in [0.2, 0.25) is 0 Å². The number of carbonyl (C=O) groups is 1. The third-order valence-corrected chi connectivity index (χ3v) is 3.62. The Balaban J connectivity index is 2.54. The van der Waals surface area contributed by atoms with Gasteiger partial charge in [0.1, 0.15) is 10.1 Å². The molecule has 104 valence electrons. The molecule has 1 heterocycles. The van der Waals surface area contributed by atoms with Gasteiger partial charge in [0.15, 0.2) is 0 Å². The number of nitrogens with one attached hydrogen (secondary N) is 1. The number of carbonyl (C=O) groups excluding carboxylic acids is 1. The highest BCUT2D eigenvalue weighted by atomic mass is 32.2. The minimum absolute atomic E-state index is 0.110. The van der Waals surface area contributed by atoms with Gasteiger partial charge in [-0.05, 0) is 12.1 Å². The number of methoxy groups -OCH3 is 1. The largest absolute Gasteiger partial charge is 0.502 e. The number of phenolic OH excluding ortho intramolecular Hbond substituents is 1. The minimum atomic E-state index is -0.730. The lowest BCUT2D eigenvalue weighted by atomic mass is 10.1. The molecule has 7 nitrogen and oxygen atoms in total. The first-order valence-corrected chi connectivity index (χ1v) is 6.45. The summed E-state index contributed by atoms with van der Waals surface area (Å²) in [5.74, 6) is -0.744. The van der Waals surface area contributed by atoms with Crippen molar-refractivity contribution >= 4 is 46.0 Å². The zero-order chi connectivity index (χ0) is 14.9. The van der Waals surface area contributed by atoms with Gasteiger partial charge in [0, 0.05) is 5.56 Å². The van der Waals surface area contributed by atoms with Crippen molar-refractivity contribution in [1.82, 2.24) is 5.32 Å². The van der Waals surface area contributed by atoms with E-state index >= 15 is 0 Å². The molecule has 2 rings (SSSR count). The van der Waals surface area contributed by atoms with Crippen molar-refractivity contribution in [3.8, 4) is 11.5 Å². The zero-order valence-corrected chi connectivity index (χ0v) is 11.7. The van der Waals surface area contributed by atoms with Gasteiger partial charge in [-0.15, -0.1) is 0 Å². The Morgan fingerprint density at radius 2 is 2.25 bits per heavy atom. The van der Waals surface area contributed by atoms with Crippen molar-refractivity contribution in [3.05, 3.63) is 32.7 Å². The lowest BCUT2D eigenvalue weighted by molar-refractivity contribution is -0.385. The van der Waals surface area contributed by atoms with Crippen molar-refractivity contribution in [3.63, 3.8) is 0 Å². The first kappa shape index (κ1) is 14.3. The van der Waals surface area contributed by atoms with Gasteiger partial charge < -0.3 is 15.2 Å². The molecule has 0 spiro atoms. The Morgan fingerprint density at radius 3 is 2.75 bits per heavy atom. The molecular weight excluding hydrogens is 304 g/mol. The van der Waals surface area contributed by atoms with Gasteiger partial charge >= 0.3 is 5.69 Å². The van der Waals surface area contributed by atoms with Crippen molar-refractivity contribution in [1.29, 1.82) is 0 Å². The van der Waals surface area contributed by atoms with E-state index in [-0.39, 0.29) is 20.5 Å². The number of hydrogen-bond acceptors (Lipinski definition) is 7. The van der Waals surface area contributed by atoms with Crippen LogP contribution in [-0.4, -0.2) is 27.4 Å². The molecule has 1 aromatic rings. The summed E-state index contributed by atoms with van der Waals surface area (Å²) >= 11 is 5.85. The number of nitro benzene ring substituents is 1. The standard InChI is InChI=1S/C11H8N2O5S2/c1-18-6-2-5(9(14)7(4-6)13(16)17)3-8-10(15)12-11(19)20-8/h2-4,14H,1H3,(H,12,15,19)/b8-3+. The highest BCUT2D eigenvalue weighted by Gasteiger charge is 2.24. The molecule has 1 aliphatic heterocycles. The van der Waals surface area contributed by atoms with Gasteiger partial charge in [-0.1, -0.05) is 24.0 Å². The predicted molar refractivity (Wildman–Crippen MR) is 77.6 cm³/mol. The first-order valence-electron chi connectivity index (χ1n) is 5.22. The van der Waals surface area contributed by atoms with Crippen LogP contribution in [0.4, 0.5) is 5.69 Å². The SMILES string of the molecule is COc1cc(/C=C2/SC(=S)NC2=O)c(O)c([N+](=O)[O-])c1. The summed E-state index contributed by atoms with van der Waals surface area (Å²) in [6.45, 7) is 0. The molecule has 1 fully saturated rings. The zero-order valence-electron chi connectivity index (χ0n) is 10.1. The number of benzene rings is 1. The van der Waals surface area contributed by atoms with E-state index in [0.29, 0.717) is 0 Å².